The lowest BCUT2D eigenvalue weighted by molar-refractivity contribution is 0.0697. The second-order valence-electron chi connectivity index (χ2n) is 7.62. The van der Waals surface area contributed by atoms with E-state index in [0.717, 1.165) is 54.1 Å². The number of aromatic amines is 1. The van der Waals surface area contributed by atoms with Gasteiger partial charge in [0.1, 0.15) is 11.4 Å². The largest absolute Gasteiger partial charge is 0.478 e. The molecule has 1 saturated heterocycles. The molecular weight excluding hydrogens is 378 g/mol. The maximum Gasteiger partial charge on any atom is 0.339 e. The molecule has 0 atom stereocenters. The van der Waals surface area contributed by atoms with Crippen molar-refractivity contribution in [1.29, 1.82) is 0 Å². The van der Waals surface area contributed by atoms with Crippen LogP contribution in [0.1, 0.15) is 10.4 Å². The van der Waals surface area contributed by atoms with Gasteiger partial charge in [0, 0.05) is 73.3 Å². The molecule has 3 N–H and O–H groups in total. The minimum Gasteiger partial charge on any atom is -0.478 e. The molecule has 1 aromatic carbocycles. The van der Waals surface area contributed by atoms with E-state index in [1.807, 2.05) is 25.4 Å². The zero-order valence-corrected chi connectivity index (χ0v) is 16.7. The van der Waals surface area contributed by atoms with Gasteiger partial charge in [-0.2, -0.15) is 0 Å². The quantitative estimate of drug-likeness (QED) is 0.488. The van der Waals surface area contributed by atoms with Crippen molar-refractivity contribution in [2.45, 2.75) is 0 Å². The summed E-state index contributed by atoms with van der Waals surface area (Å²) >= 11 is 0. The van der Waals surface area contributed by atoms with Gasteiger partial charge in [0.25, 0.3) is 0 Å². The highest BCUT2D eigenvalue weighted by Crippen LogP contribution is 2.31. The molecule has 0 bridgehead atoms. The molecule has 0 spiro atoms. The lowest BCUT2D eigenvalue weighted by Crippen LogP contribution is -2.44. The first kappa shape index (κ1) is 18.4. The number of carboxylic acids is 1. The SMILES string of the molecule is Cn1ccc2cc(-c3cc(-c4cc(C(=O)O)c(N5CCNCC5)[nH]4)ccn3)ccc21. The fourth-order valence-electron chi connectivity index (χ4n) is 4.10. The van der Waals surface area contributed by atoms with Crippen LogP contribution in [0.3, 0.4) is 0 Å². The van der Waals surface area contributed by atoms with E-state index in [1.54, 1.807) is 12.3 Å². The summed E-state index contributed by atoms with van der Waals surface area (Å²) in [6.07, 6.45) is 3.81. The van der Waals surface area contributed by atoms with E-state index in [0.29, 0.717) is 11.4 Å². The Labute approximate surface area is 174 Å². The van der Waals surface area contributed by atoms with Gasteiger partial charge >= 0.3 is 5.97 Å². The lowest BCUT2D eigenvalue weighted by atomic mass is 10.1. The van der Waals surface area contributed by atoms with Crippen LogP contribution in [-0.4, -0.2) is 51.8 Å². The topological polar surface area (TPSA) is 86.2 Å². The Morgan fingerprint density at radius 2 is 1.90 bits per heavy atom. The van der Waals surface area contributed by atoms with Gasteiger partial charge in [-0.15, -0.1) is 0 Å². The first-order chi connectivity index (χ1) is 14.6. The molecule has 30 heavy (non-hydrogen) atoms. The van der Waals surface area contributed by atoms with Gasteiger partial charge in [0.05, 0.1) is 5.69 Å². The number of anilines is 1. The highest BCUT2D eigenvalue weighted by atomic mass is 16.4. The third kappa shape index (κ3) is 3.23. The van der Waals surface area contributed by atoms with Crippen molar-refractivity contribution in [3.05, 3.63) is 60.4 Å². The molecule has 0 unspecified atom stereocenters. The van der Waals surface area contributed by atoms with Crippen molar-refractivity contribution < 1.29 is 9.90 Å². The second-order valence-corrected chi connectivity index (χ2v) is 7.62. The van der Waals surface area contributed by atoms with Crippen LogP contribution in [0, 0.1) is 0 Å². The number of aromatic nitrogens is 3. The van der Waals surface area contributed by atoms with Crippen LogP contribution in [0.4, 0.5) is 5.82 Å². The molecule has 1 aliphatic rings. The Balaban J connectivity index is 1.53. The Bertz CT molecular complexity index is 1230. The second kappa shape index (κ2) is 7.35. The third-order valence-corrected chi connectivity index (χ3v) is 5.71. The van der Waals surface area contributed by atoms with Gasteiger partial charge < -0.3 is 24.9 Å². The molecule has 5 rings (SSSR count). The number of hydrogen-bond acceptors (Lipinski definition) is 4. The van der Waals surface area contributed by atoms with Crippen LogP contribution < -0.4 is 10.2 Å². The number of aromatic carboxylic acids is 1. The molecule has 0 aliphatic carbocycles. The number of hydrogen-bond donors (Lipinski definition) is 3. The number of carbonyl (C=O) groups is 1. The summed E-state index contributed by atoms with van der Waals surface area (Å²) in [6.45, 7) is 3.24. The normalized spacial score (nSPS) is 14.4. The van der Waals surface area contributed by atoms with Crippen LogP contribution >= 0.6 is 0 Å². The van der Waals surface area contributed by atoms with Crippen molar-refractivity contribution in [3.63, 3.8) is 0 Å². The maximum absolute atomic E-state index is 11.8. The van der Waals surface area contributed by atoms with E-state index in [4.69, 9.17) is 0 Å². The van der Waals surface area contributed by atoms with Gasteiger partial charge in [0.2, 0.25) is 0 Å². The van der Waals surface area contributed by atoms with E-state index in [9.17, 15) is 9.90 Å². The minimum absolute atomic E-state index is 0.302. The lowest BCUT2D eigenvalue weighted by Gasteiger charge is -2.28. The number of carboxylic acid groups (broad SMARTS) is 1. The molecule has 3 aromatic heterocycles. The smallest absolute Gasteiger partial charge is 0.339 e. The number of aryl methyl sites for hydroxylation is 1. The average Bonchev–Trinajstić information content (AvgIpc) is 3.39. The maximum atomic E-state index is 11.8. The highest BCUT2D eigenvalue weighted by Gasteiger charge is 2.22. The van der Waals surface area contributed by atoms with Crippen molar-refractivity contribution in [2.75, 3.05) is 31.1 Å². The van der Waals surface area contributed by atoms with Crippen LogP contribution in [0.25, 0.3) is 33.4 Å². The van der Waals surface area contributed by atoms with Crippen molar-refractivity contribution in [2.24, 2.45) is 7.05 Å². The molecule has 7 heteroatoms. The molecule has 0 amide bonds. The van der Waals surface area contributed by atoms with Gasteiger partial charge in [-0.1, -0.05) is 6.07 Å². The average molecular weight is 401 g/mol. The van der Waals surface area contributed by atoms with Crippen molar-refractivity contribution in [1.82, 2.24) is 19.9 Å². The zero-order valence-electron chi connectivity index (χ0n) is 16.7. The summed E-state index contributed by atoms with van der Waals surface area (Å²) in [5.74, 6) is -0.252. The predicted molar refractivity (Wildman–Crippen MR) is 118 cm³/mol. The molecular formula is C23H23N5O2. The first-order valence-electron chi connectivity index (χ1n) is 10.0. The van der Waals surface area contributed by atoms with E-state index in [2.05, 4.69) is 49.0 Å². The molecule has 0 radical (unpaired) electrons. The first-order valence-corrected chi connectivity index (χ1v) is 10.0. The molecule has 4 aromatic rings. The number of fused-ring (bicyclic) bond motifs is 1. The molecule has 152 valence electrons. The Hall–Kier alpha value is -3.58. The predicted octanol–water partition coefficient (Wildman–Crippen LogP) is 3.34. The number of rotatable bonds is 4. The fourth-order valence-corrected chi connectivity index (χ4v) is 4.10. The highest BCUT2D eigenvalue weighted by molar-refractivity contribution is 5.96. The number of H-pyrrole nitrogens is 1. The van der Waals surface area contributed by atoms with Gasteiger partial charge in [-0.3, -0.25) is 4.98 Å². The van der Waals surface area contributed by atoms with Crippen LogP contribution in [-0.2, 0) is 7.05 Å². The van der Waals surface area contributed by atoms with E-state index >= 15 is 0 Å². The number of piperazine rings is 1. The van der Waals surface area contributed by atoms with E-state index in [1.165, 1.54) is 5.52 Å². The standard InChI is InChI=1S/C23H23N5O2/c1-27-9-5-17-12-15(2-3-21(17)27)19-13-16(4-6-25-19)20-14-18(23(29)30)22(26-20)28-10-7-24-8-11-28/h2-6,9,12-14,24,26H,7-8,10-11H2,1H3,(H,29,30). The molecule has 4 heterocycles. The van der Waals surface area contributed by atoms with Gasteiger partial charge in [-0.25, -0.2) is 4.79 Å². The van der Waals surface area contributed by atoms with Crippen LogP contribution in [0.5, 0.6) is 0 Å². The molecule has 1 aliphatic heterocycles. The zero-order chi connectivity index (χ0) is 20.7. The molecule has 1 fully saturated rings. The van der Waals surface area contributed by atoms with E-state index < -0.39 is 5.97 Å². The van der Waals surface area contributed by atoms with Gasteiger partial charge in [0.15, 0.2) is 0 Å². The summed E-state index contributed by atoms with van der Waals surface area (Å²) < 4.78 is 2.09. The molecule has 7 nitrogen and oxygen atoms in total. The molecule has 0 saturated carbocycles. The summed E-state index contributed by atoms with van der Waals surface area (Å²) in [6, 6.07) is 14.0. The third-order valence-electron chi connectivity index (χ3n) is 5.71. The summed E-state index contributed by atoms with van der Waals surface area (Å²) in [4.78, 5) is 21.8. The Morgan fingerprint density at radius 3 is 2.70 bits per heavy atom. The number of nitrogens with one attached hydrogen (secondary N) is 2. The number of benzene rings is 1. The van der Waals surface area contributed by atoms with Crippen LogP contribution in [0.15, 0.2) is 54.9 Å². The van der Waals surface area contributed by atoms with Crippen molar-refractivity contribution >= 4 is 22.7 Å². The number of pyridine rings is 1. The monoisotopic (exact) mass is 401 g/mol. The minimum atomic E-state index is -0.921. The van der Waals surface area contributed by atoms with E-state index in [-0.39, 0.29) is 0 Å². The summed E-state index contributed by atoms with van der Waals surface area (Å²) in [5, 5.41) is 14.2. The van der Waals surface area contributed by atoms with Crippen molar-refractivity contribution in [3.8, 4) is 22.5 Å². The number of nitrogens with zero attached hydrogens (tertiary/aromatic N) is 3. The van der Waals surface area contributed by atoms with Gasteiger partial charge in [-0.05, 0) is 36.4 Å². The Morgan fingerprint density at radius 1 is 1.07 bits per heavy atom. The van der Waals surface area contributed by atoms with Crippen LogP contribution in [0.2, 0.25) is 0 Å². The summed E-state index contributed by atoms with van der Waals surface area (Å²) in [7, 11) is 2.03. The summed E-state index contributed by atoms with van der Waals surface area (Å²) in [5.41, 5.74) is 5.06. The Kier molecular flexibility index (Phi) is 4.52. The fraction of sp³-hybridized carbons (Fsp3) is 0.217.